The average molecular weight is 200 g/mol. The minimum atomic E-state index is -0.220. The Balaban J connectivity index is 3.74. The predicted molar refractivity (Wildman–Crippen MR) is 60.0 cm³/mol. The summed E-state index contributed by atoms with van der Waals surface area (Å²) in [5.74, 6) is 0.128. The van der Waals surface area contributed by atoms with Crippen LogP contribution in [-0.2, 0) is 4.79 Å². The molecular formula is C11H24N2O. The maximum atomic E-state index is 11.3. The molecule has 84 valence electrons. The van der Waals surface area contributed by atoms with Gasteiger partial charge in [0.15, 0.2) is 0 Å². The van der Waals surface area contributed by atoms with E-state index in [2.05, 4.69) is 26.1 Å². The van der Waals surface area contributed by atoms with Gasteiger partial charge in [-0.1, -0.05) is 27.2 Å². The highest BCUT2D eigenvalue weighted by molar-refractivity contribution is 5.75. The molecule has 1 amide bonds. The molecule has 0 aromatic carbocycles. The van der Waals surface area contributed by atoms with Crippen molar-refractivity contribution in [2.45, 2.75) is 58.4 Å². The molecule has 0 saturated carbocycles. The van der Waals surface area contributed by atoms with Gasteiger partial charge in [-0.05, 0) is 19.3 Å². The number of nitrogens with one attached hydrogen (secondary N) is 1. The van der Waals surface area contributed by atoms with Gasteiger partial charge >= 0.3 is 0 Å². The minimum Gasteiger partial charge on any atom is -0.354 e. The number of rotatable bonds is 7. The van der Waals surface area contributed by atoms with E-state index in [1.54, 1.807) is 0 Å². The van der Waals surface area contributed by atoms with Gasteiger partial charge < -0.3 is 11.1 Å². The molecular weight excluding hydrogens is 176 g/mol. The first-order chi connectivity index (χ1) is 6.58. The standard InChI is InChI=1S/C11H24N2O/c1-4-7-8-10(14)13-9-11(12,5-2)6-3/h4-9,12H2,1-3H3,(H,13,14). The van der Waals surface area contributed by atoms with Crippen LogP contribution in [0.1, 0.15) is 52.9 Å². The third-order valence-electron chi connectivity index (χ3n) is 2.80. The number of unbranched alkanes of at least 4 members (excludes halogenated alkanes) is 1. The monoisotopic (exact) mass is 200 g/mol. The van der Waals surface area contributed by atoms with Gasteiger partial charge in [-0.15, -0.1) is 0 Å². The number of amides is 1. The summed E-state index contributed by atoms with van der Waals surface area (Å²) in [6.07, 6.45) is 4.44. The molecule has 0 heterocycles. The smallest absolute Gasteiger partial charge is 0.220 e. The van der Waals surface area contributed by atoms with Crippen LogP contribution in [0.3, 0.4) is 0 Å². The van der Waals surface area contributed by atoms with Gasteiger partial charge in [0.05, 0.1) is 0 Å². The first kappa shape index (κ1) is 13.4. The molecule has 0 saturated heterocycles. The van der Waals surface area contributed by atoms with Crippen LogP contribution in [0.2, 0.25) is 0 Å². The van der Waals surface area contributed by atoms with Crippen molar-refractivity contribution in [1.29, 1.82) is 0 Å². The fourth-order valence-corrected chi connectivity index (χ4v) is 1.20. The molecule has 0 aliphatic rings. The summed E-state index contributed by atoms with van der Waals surface area (Å²) in [5.41, 5.74) is 5.84. The largest absolute Gasteiger partial charge is 0.354 e. The molecule has 0 aromatic heterocycles. The van der Waals surface area contributed by atoms with Crippen molar-refractivity contribution in [1.82, 2.24) is 5.32 Å². The Hall–Kier alpha value is -0.570. The van der Waals surface area contributed by atoms with Crippen molar-refractivity contribution in [3.05, 3.63) is 0 Å². The quantitative estimate of drug-likeness (QED) is 0.658. The highest BCUT2D eigenvalue weighted by Crippen LogP contribution is 2.09. The van der Waals surface area contributed by atoms with Crippen LogP contribution in [0.5, 0.6) is 0 Å². The van der Waals surface area contributed by atoms with E-state index in [1.165, 1.54) is 0 Å². The van der Waals surface area contributed by atoms with Crippen molar-refractivity contribution < 1.29 is 4.79 Å². The van der Waals surface area contributed by atoms with Crippen LogP contribution in [0, 0.1) is 0 Å². The summed E-state index contributed by atoms with van der Waals surface area (Å²) < 4.78 is 0. The van der Waals surface area contributed by atoms with Crippen LogP contribution >= 0.6 is 0 Å². The lowest BCUT2D eigenvalue weighted by Gasteiger charge is -2.26. The summed E-state index contributed by atoms with van der Waals surface area (Å²) in [4.78, 5) is 11.3. The third-order valence-corrected chi connectivity index (χ3v) is 2.80. The second-order valence-electron chi connectivity index (χ2n) is 3.95. The molecule has 3 heteroatoms. The maximum absolute atomic E-state index is 11.3. The van der Waals surface area contributed by atoms with E-state index in [9.17, 15) is 4.79 Å². The Kier molecular flexibility index (Phi) is 6.54. The molecule has 0 bridgehead atoms. The van der Waals surface area contributed by atoms with Gasteiger partial charge in [-0.3, -0.25) is 4.79 Å². The zero-order valence-electron chi connectivity index (χ0n) is 9.73. The molecule has 3 nitrogen and oxygen atoms in total. The minimum absolute atomic E-state index is 0.128. The van der Waals surface area contributed by atoms with E-state index in [-0.39, 0.29) is 11.4 Å². The van der Waals surface area contributed by atoms with Crippen molar-refractivity contribution in [2.75, 3.05) is 6.54 Å². The summed E-state index contributed by atoms with van der Waals surface area (Å²) in [6.45, 7) is 6.80. The molecule has 14 heavy (non-hydrogen) atoms. The molecule has 0 atom stereocenters. The Morgan fingerprint density at radius 3 is 2.29 bits per heavy atom. The lowest BCUT2D eigenvalue weighted by atomic mass is 9.94. The first-order valence-corrected chi connectivity index (χ1v) is 5.63. The molecule has 0 spiro atoms. The lowest BCUT2D eigenvalue weighted by molar-refractivity contribution is -0.121. The molecule has 0 aromatic rings. The fraction of sp³-hybridized carbons (Fsp3) is 0.909. The Labute approximate surface area is 87.4 Å². The van der Waals surface area contributed by atoms with E-state index < -0.39 is 0 Å². The fourth-order valence-electron chi connectivity index (χ4n) is 1.20. The second-order valence-corrected chi connectivity index (χ2v) is 3.95. The zero-order valence-corrected chi connectivity index (χ0v) is 9.73. The van der Waals surface area contributed by atoms with Gasteiger partial charge in [0.25, 0.3) is 0 Å². The van der Waals surface area contributed by atoms with Crippen molar-refractivity contribution in [3.63, 3.8) is 0 Å². The zero-order chi connectivity index (χ0) is 11.0. The van der Waals surface area contributed by atoms with Crippen LogP contribution in [0.4, 0.5) is 0 Å². The predicted octanol–water partition coefficient (Wildman–Crippen LogP) is 1.81. The van der Waals surface area contributed by atoms with Crippen molar-refractivity contribution >= 4 is 5.91 Å². The number of carbonyl (C=O) groups excluding carboxylic acids is 1. The van der Waals surface area contributed by atoms with E-state index in [1.807, 2.05) is 0 Å². The average Bonchev–Trinajstić information content (AvgIpc) is 2.23. The highest BCUT2D eigenvalue weighted by atomic mass is 16.1. The number of nitrogens with two attached hydrogens (primary N) is 1. The molecule has 3 N–H and O–H groups in total. The van der Waals surface area contributed by atoms with Gasteiger partial charge in [-0.2, -0.15) is 0 Å². The summed E-state index contributed by atoms with van der Waals surface area (Å²) >= 11 is 0. The van der Waals surface area contributed by atoms with E-state index >= 15 is 0 Å². The van der Waals surface area contributed by atoms with Gasteiger partial charge in [0.2, 0.25) is 5.91 Å². The number of hydrogen-bond donors (Lipinski definition) is 2. The van der Waals surface area contributed by atoms with Gasteiger partial charge in [0.1, 0.15) is 0 Å². The van der Waals surface area contributed by atoms with Crippen LogP contribution < -0.4 is 11.1 Å². The SMILES string of the molecule is CCCCC(=O)NCC(N)(CC)CC. The molecule has 0 aliphatic heterocycles. The third kappa shape index (κ3) is 5.22. The van der Waals surface area contributed by atoms with E-state index in [0.717, 1.165) is 25.7 Å². The first-order valence-electron chi connectivity index (χ1n) is 5.63. The summed E-state index contributed by atoms with van der Waals surface area (Å²) in [7, 11) is 0. The van der Waals surface area contributed by atoms with E-state index in [0.29, 0.717) is 13.0 Å². The molecule has 0 rings (SSSR count). The summed E-state index contributed by atoms with van der Waals surface area (Å²) in [6, 6.07) is 0. The molecule has 0 unspecified atom stereocenters. The number of hydrogen-bond acceptors (Lipinski definition) is 2. The topological polar surface area (TPSA) is 55.1 Å². The number of carbonyl (C=O) groups is 1. The Morgan fingerprint density at radius 2 is 1.86 bits per heavy atom. The van der Waals surface area contributed by atoms with E-state index in [4.69, 9.17) is 5.73 Å². The Bertz CT molecular complexity index is 165. The molecule has 0 radical (unpaired) electrons. The second kappa shape index (κ2) is 6.82. The normalized spacial score (nSPS) is 11.4. The van der Waals surface area contributed by atoms with Crippen LogP contribution in [0.15, 0.2) is 0 Å². The van der Waals surface area contributed by atoms with Gasteiger partial charge in [0, 0.05) is 18.5 Å². The van der Waals surface area contributed by atoms with Crippen LogP contribution in [0.25, 0.3) is 0 Å². The maximum Gasteiger partial charge on any atom is 0.220 e. The van der Waals surface area contributed by atoms with Crippen molar-refractivity contribution in [2.24, 2.45) is 5.73 Å². The lowest BCUT2D eigenvalue weighted by Crippen LogP contribution is -2.49. The Morgan fingerprint density at radius 1 is 1.29 bits per heavy atom. The molecule has 0 aliphatic carbocycles. The van der Waals surface area contributed by atoms with Crippen LogP contribution in [-0.4, -0.2) is 18.0 Å². The molecule has 0 fully saturated rings. The highest BCUT2D eigenvalue weighted by Gasteiger charge is 2.20. The van der Waals surface area contributed by atoms with Gasteiger partial charge in [-0.25, -0.2) is 0 Å². The summed E-state index contributed by atoms with van der Waals surface area (Å²) in [5, 5.41) is 2.90. The van der Waals surface area contributed by atoms with Crippen molar-refractivity contribution in [3.8, 4) is 0 Å².